The van der Waals surface area contributed by atoms with Gasteiger partial charge in [0.2, 0.25) is 0 Å². The highest BCUT2D eigenvalue weighted by Gasteiger charge is 2.27. The van der Waals surface area contributed by atoms with Crippen LogP contribution in [-0.2, 0) is 0 Å². The lowest BCUT2D eigenvalue weighted by molar-refractivity contribution is 0.111. The number of rotatable bonds is 2. The number of fused-ring (bicyclic) bond motifs is 1. The number of aldehydes is 1. The Labute approximate surface area is 81.4 Å². The standard InChI is InChI=1S/C11H10N2O/c14-7-11-12-9-3-1-2-4-10(9)13(11)8-5-6-8/h1-4,7-8H,5-6H2. The van der Waals surface area contributed by atoms with Gasteiger partial charge in [-0.25, -0.2) is 4.98 Å². The fourth-order valence-electron chi connectivity index (χ4n) is 1.86. The molecule has 1 aliphatic rings. The van der Waals surface area contributed by atoms with Crippen LogP contribution in [0.3, 0.4) is 0 Å². The number of aromatic nitrogens is 2. The summed E-state index contributed by atoms with van der Waals surface area (Å²) in [5.74, 6) is 0.564. The lowest BCUT2D eigenvalue weighted by Gasteiger charge is -2.01. The molecule has 14 heavy (non-hydrogen) atoms. The van der Waals surface area contributed by atoms with Gasteiger partial charge >= 0.3 is 0 Å². The van der Waals surface area contributed by atoms with E-state index in [9.17, 15) is 4.79 Å². The van der Waals surface area contributed by atoms with Crippen molar-refractivity contribution in [1.29, 1.82) is 0 Å². The van der Waals surface area contributed by atoms with Crippen molar-refractivity contribution in [1.82, 2.24) is 9.55 Å². The Bertz CT molecular complexity index is 497. The molecule has 1 aliphatic carbocycles. The third-order valence-corrected chi connectivity index (χ3v) is 2.64. The molecule has 0 aliphatic heterocycles. The van der Waals surface area contributed by atoms with E-state index in [1.165, 1.54) is 12.8 Å². The number of carbonyl (C=O) groups excluding carboxylic acids is 1. The van der Waals surface area contributed by atoms with Crippen molar-refractivity contribution in [2.24, 2.45) is 0 Å². The number of nitrogens with zero attached hydrogens (tertiary/aromatic N) is 2. The highest BCUT2D eigenvalue weighted by Crippen LogP contribution is 2.38. The summed E-state index contributed by atoms with van der Waals surface area (Å²) in [5, 5.41) is 0. The molecule has 1 heterocycles. The van der Waals surface area contributed by atoms with Crippen LogP contribution in [0, 0.1) is 0 Å². The van der Waals surface area contributed by atoms with Crippen LogP contribution in [0.1, 0.15) is 29.5 Å². The fourth-order valence-corrected chi connectivity index (χ4v) is 1.86. The Hall–Kier alpha value is -1.64. The summed E-state index contributed by atoms with van der Waals surface area (Å²) < 4.78 is 2.06. The first-order valence-electron chi connectivity index (χ1n) is 4.82. The van der Waals surface area contributed by atoms with E-state index in [-0.39, 0.29) is 0 Å². The summed E-state index contributed by atoms with van der Waals surface area (Å²) in [6, 6.07) is 8.40. The minimum atomic E-state index is 0.502. The third-order valence-electron chi connectivity index (χ3n) is 2.64. The van der Waals surface area contributed by atoms with E-state index in [1.54, 1.807) is 0 Å². The summed E-state index contributed by atoms with van der Waals surface area (Å²) in [5.41, 5.74) is 2.00. The largest absolute Gasteiger partial charge is 0.319 e. The zero-order valence-electron chi connectivity index (χ0n) is 7.68. The Morgan fingerprint density at radius 2 is 2.14 bits per heavy atom. The zero-order chi connectivity index (χ0) is 9.54. The third kappa shape index (κ3) is 0.985. The Morgan fingerprint density at radius 3 is 2.86 bits per heavy atom. The van der Waals surface area contributed by atoms with Crippen LogP contribution >= 0.6 is 0 Å². The summed E-state index contributed by atoms with van der Waals surface area (Å²) in [6.45, 7) is 0. The van der Waals surface area contributed by atoms with Gasteiger partial charge in [0.25, 0.3) is 0 Å². The molecule has 0 bridgehead atoms. The molecule has 1 aromatic carbocycles. The lowest BCUT2D eigenvalue weighted by Crippen LogP contribution is -1.99. The average molecular weight is 186 g/mol. The highest BCUT2D eigenvalue weighted by atomic mass is 16.1. The van der Waals surface area contributed by atoms with Crippen molar-refractivity contribution in [2.45, 2.75) is 18.9 Å². The van der Waals surface area contributed by atoms with Gasteiger partial charge in [0.1, 0.15) is 0 Å². The van der Waals surface area contributed by atoms with Crippen LogP contribution in [0.4, 0.5) is 0 Å². The molecule has 0 spiro atoms. The maximum atomic E-state index is 10.8. The molecule has 70 valence electrons. The number of imidazole rings is 1. The van der Waals surface area contributed by atoms with E-state index in [2.05, 4.69) is 9.55 Å². The predicted octanol–water partition coefficient (Wildman–Crippen LogP) is 2.18. The second kappa shape index (κ2) is 2.67. The predicted molar refractivity (Wildman–Crippen MR) is 53.4 cm³/mol. The maximum absolute atomic E-state index is 10.8. The molecular weight excluding hydrogens is 176 g/mol. The van der Waals surface area contributed by atoms with Crippen molar-refractivity contribution >= 4 is 17.3 Å². The Morgan fingerprint density at radius 1 is 1.36 bits per heavy atom. The van der Waals surface area contributed by atoms with E-state index in [1.807, 2.05) is 24.3 Å². The first kappa shape index (κ1) is 7.74. The molecule has 0 N–H and O–H groups in total. The normalized spacial score (nSPS) is 16.0. The minimum absolute atomic E-state index is 0.502. The molecule has 3 nitrogen and oxygen atoms in total. The second-order valence-corrected chi connectivity index (χ2v) is 3.68. The molecule has 0 saturated heterocycles. The Balaban J connectivity index is 2.35. The first-order valence-corrected chi connectivity index (χ1v) is 4.82. The van der Waals surface area contributed by atoms with Crippen LogP contribution < -0.4 is 0 Å². The fraction of sp³-hybridized carbons (Fsp3) is 0.273. The molecule has 0 unspecified atom stereocenters. The molecule has 0 amide bonds. The molecule has 1 saturated carbocycles. The maximum Gasteiger partial charge on any atom is 0.185 e. The molecule has 1 fully saturated rings. The molecule has 2 aromatic rings. The quantitative estimate of drug-likeness (QED) is 0.674. The van der Waals surface area contributed by atoms with E-state index in [0.29, 0.717) is 11.9 Å². The zero-order valence-corrected chi connectivity index (χ0v) is 7.68. The van der Waals surface area contributed by atoms with Gasteiger partial charge in [-0.1, -0.05) is 12.1 Å². The molecule has 3 heteroatoms. The monoisotopic (exact) mass is 186 g/mol. The van der Waals surface area contributed by atoms with Gasteiger partial charge in [-0.05, 0) is 25.0 Å². The summed E-state index contributed by atoms with van der Waals surface area (Å²) in [6.07, 6.45) is 3.18. The number of para-hydroxylation sites is 2. The molecule has 0 atom stereocenters. The van der Waals surface area contributed by atoms with Crippen LogP contribution in [0.25, 0.3) is 11.0 Å². The van der Waals surface area contributed by atoms with Crippen molar-refractivity contribution < 1.29 is 4.79 Å². The first-order chi connectivity index (χ1) is 6.90. The molecule has 3 rings (SSSR count). The minimum Gasteiger partial charge on any atom is -0.319 e. The van der Waals surface area contributed by atoms with Gasteiger partial charge in [-0.15, -0.1) is 0 Å². The van der Waals surface area contributed by atoms with E-state index < -0.39 is 0 Å². The summed E-state index contributed by atoms with van der Waals surface area (Å²) >= 11 is 0. The number of carbonyl (C=O) groups is 1. The topological polar surface area (TPSA) is 34.9 Å². The van der Waals surface area contributed by atoms with E-state index in [0.717, 1.165) is 17.3 Å². The van der Waals surface area contributed by atoms with Crippen LogP contribution in [0.15, 0.2) is 24.3 Å². The van der Waals surface area contributed by atoms with Gasteiger partial charge in [0.05, 0.1) is 11.0 Å². The van der Waals surface area contributed by atoms with Crippen molar-refractivity contribution in [3.63, 3.8) is 0 Å². The lowest BCUT2D eigenvalue weighted by atomic mass is 10.3. The number of hydrogen-bond donors (Lipinski definition) is 0. The van der Waals surface area contributed by atoms with Crippen LogP contribution in [-0.4, -0.2) is 15.8 Å². The van der Waals surface area contributed by atoms with Crippen molar-refractivity contribution in [2.75, 3.05) is 0 Å². The van der Waals surface area contributed by atoms with Crippen molar-refractivity contribution in [3.8, 4) is 0 Å². The average Bonchev–Trinajstić information content (AvgIpc) is 2.98. The van der Waals surface area contributed by atoms with E-state index >= 15 is 0 Å². The van der Waals surface area contributed by atoms with Gasteiger partial charge in [0, 0.05) is 6.04 Å². The van der Waals surface area contributed by atoms with Crippen LogP contribution in [0.5, 0.6) is 0 Å². The summed E-state index contributed by atoms with van der Waals surface area (Å²) in [4.78, 5) is 15.1. The Kier molecular flexibility index (Phi) is 1.48. The van der Waals surface area contributed by atoms with Gasteiger partial charge in [-0.2, -0.15) is 0 Å². The molecule has 1 aromatic heterocycles. The molecular formula is C11H10N2O. The highest BCUT2D eigenvalue weighted by molar-refractivity contribution is 5.83. The van der Waals surface area contributed by atoms with Gasteiger partial charge < -0.3 is 4.57 Å². The summed E-state index contributed by atoms with van der Waals surface area (Å²) in [7, 11) is 0. The number of benzene rings is 1. The second-order valence-electron chi connectivity index (χ2n) is 3.68. The van der Waals surface area contributed by atoms with Crippen LogP contribution in [0.2, 0.25) is 0 Å². The van der Waals surface area contributed by atoms with E-state index in [4.69, 9.17) is 0 Å². The smallest absolute Gasteiger partial charge is 0.185 e. The number of hydrogen-bond acceptors (Lipinski definition) is 2. The van der Waals surface area contributed by atoms with Gasteiger partial charge in [0.15, 0.2) is 12.1 Å². The van der Waals surface area contributed by atoms with Gasteiger partial charge in [-0.3, -0.25) is 4.79 Å². The SMILES string of the molecule is O=Cc1nc2ccccc2n1C1CC1. The molecule has 0 radical (unpaired) electrons. The van der Waals surface area contributed by atoms with Crippen molar-refractivity contribution in [3.05, 3.63) is 30.1 Å².